The summed E-state index contributed by atoms with van der Waals surface area (Å²) < 4.78 is 51.9. The molecule has 222 valence electrons. The number of halogens is 3. The Morgan fingerprint density at radius 2 is 1.71 bits per heavy atom. The van der Waals surface area contributed by atoms with Gasteiger partial charge in [0.2, 0.25) is 5.76 Å². The first kappa shape index (κ1) is 31.0. The molecule has 2 aromatic carbocycles. The van der Waals surface area contributed by atoms with Gasteiger partial charge in [-0.2, -0.15) is 13.2 Å². The van der Waals surface area contributed by atoms with Crippen molar-refractivity contribution in [3.05, 3.63) is 82.3 Å². The SMILES string of the molecule is COC(=O)C(C)(C)c1cccc(N2CCC(CN(Cc3ccc(C(F)(F)F)o3)Sc3c(C)cc(C)cc3C)CC2)c1. The lowest BCUT2D eigenvalue weighted by atomic mass is 9.84. The first-order valence-electron chi connectivity index (χ1n) is 13.9. The molecule has 0 radical (unpaired) electrons. The highest BCUT2D eigenvalue weighted by atomic mass is 32.2. The van der Waals surface area contributed by atoms with E-state index in [9.17, 15) is 18.0 Å². The number of hydrogen-bond donors (Lipinski definition) is 0. The van der Waals surface area contributed by atoms with E-state index in [0.717, 1.165) is 65.8 Å². The number of hydrogen-bond acceptors (Lipinski definition) is 6. The molecule has 5 nitrogen and oxygen atoms in total. The molecule has 4 rings (SSSR count). The summed E-state index contributed by atoms with van der Waals surface area (Å²) >= 11 is 1.60. The van der Waals surface area contributed by atoms with Crippen LogP contribution in [0.5, 0.6) is 0 Å². The highest BCUT2D eigenvalue weighted by Gasteiger charge is 2.35. The van der Waals surface area contributed by atoms with Gasteiger partial charge in [-0.25, -0.2) is 4.31 Å². The van der Waals surface area contributed by atoms with Crippen molar-refractivity contribution in [1.29, 1.82) is 0 Å². The first-order valence-corrected chi connectivity index (χ1v) is 14.7. The summed E-state index contributed by atoms with van der Waals surface area (Å²) in [6.45, 7) is 12.6. The Labute approximate surface area is 245 Å². The summed E-state index contributed by atoms with van der Waals surface area (Å²) in [5.74, 6) is -0.568. The van der Waals surface area contributed by atoms with Crippen LogP contribution >= 0.6 is 11.9 Å². The largest absolute Gasteiger partial charge is 0.468 e. The smallest absolute Gasteiger partial charge is 0.449 e. The number of furan rings is 1. The Bertz CT molecular complexity index is 1340. The maximum atomic E-state index is 13.2. The molecule has 0 spiro atoms. The van der Waals surface area contributed by atoms with Crippen molar-refractivity contribution in [2.75, 3.05) is 31.6 Å². The van der Waals surface area contributed by atoms with Crippen molar-refractivity contribution in [3.63, 3.8) is 0 Å². The number of esters is 1. The summed E-state index contributed by atoms with van der Waals surface area (Å²) in [5.41, 5.74) is 4.72. The molecular weight excluding hydrogens is 549 g/mol. The molecule has 0 amide bonds. The van der Waals surface area contributed by atoms with Gasteiger partial charge in [0, 0.05) is 30.2 Å². The number of piperidine rings is 1. The second-order valence-corrected chi connectivity index (χ2v) is 12.6. The fourth-order valence-electron chi connectivity index (χ4n) is 5.49. The molecule has 0 N–H and O–H groups in total. The summed E-state index contributed by atoms with van der Waals surface area (Å²) in [5, 5.41) is 0. The van der Waals surface area contributed by atoms with E-state index in [-0.39, 0.29) is 12.5 Å². The van der Waals surface area contributed by atoms with Gasteiger partial charge in [0.05, 0.1) is 19.1 Å². The maximum Gasteiger partial charge on any atom is 0.449 e. The predicted octanol–water partition coefficient (Wildman–Crippen LogP) is 8.10. The number of alkyl halides is 3. The van der Waals surface area contributed by atoms with Crippen LogP contribution in [0.1, 0.15) is 60.5 Å². The zero-order chi connectivity index (χ0) is 29.9. The second kappa shape index (κ2) is 12.5. The van der Waals surface area contributed by atoms with Crippen LogP contribution in [0.15, 0.2) is 57.8 Å². The third kappa shape index (κ3) is 7.49. The van der Waals surface area contributed by atoms with Gasteiger partial charge in [-0.05, 0) is 106 Å². The number of ether oxygens (including phenoxy) is 1. The van der Waals surface area contributed by atoms with Crippen molar-refractivity contribution in [2.45, 2.75) is 70.5 Å². The van der Waals surface area contributed by atoms with Crippen molar-refractivity contribution in [2.24, 2.45) is 5.92 Å². The average molecular weight is 589 g/mol. The van der Waals surface area contributed by atoms with Gasteiger partial charge in [-0.1, -0.05) is 29.8 Å². The Balaban J connectivity index is 1.47. The molecule has 1 aliphatic rings. The minimum atomic E-state index is -4.50. The van der Waals surface area contributed by atoms with Crippen LogP contribution in [0.3, 0.4) is 0 Å². The summed E-state index contributed by atoms with van der Waals surface area (Å²) in [4.78, 5) is 15.8. The quantitative estimate of drug-likeness (QED) is 0.186. The van der Waals surface area contributed by atoms with E-state index < -0.39 is 17.4 Å². The number of rotatable bonds is 9. The van der Waals surface area contributed by atoms with Gasteiger partial charge in [0.15, 0.2) is 0 Å². The zero-order valence-corrected chi connectivity index (χ0v) is 25.4. The maximum absolute atomic E-state index is 13.2. The van der Waals surface area contributed by atoms with Crippen LogP contribution in [-0.4, -0.2) is 37.0 Å². The van der Waals surface area contributed by atoms with Crippen molar-refractivity contribution >= 4 is 23.6 Å². The number of benzene rings is 2. The zero-order valence-electron chi connectivity index (χ0n) is 24.6. The summed E-state index contributed by atoms with van der Waals surface area (Å²) in [7, 11) is 1.41. The van der Waals surface area contributed by atoms with E-state index in [0.29, 0.717) is 11.7 Å². The Hall–Kier alpha value is -2.91. The van der Waals surface area contributed by atoms with E-state index in [2.05, 4.69) is 54.2 Å². The molecule has 1 aliphatic heterocycles. The molecule has 3 aromatic rings. The fraction of sp³-hybridized carbons (Fsp3) is 0.469. The lowest BCUT2D eigenvalue weighted by Crippen LogP contribution is -2.37. The molecule has 1 aromatic heterocycles. The van der Waals surface area contributed by atoms with Gasteiger partial charge >= 0.3 is 12.1 Å². The van der Waals surface area contributed by atoms with Gasteiger partial charge < -0.3 is 14.1 Å². The fourth-order valence-corrected chi connectivity index (χ4v) is 6.63. The molecule has 0 atom stereocenters. The third-order valence-electron chi connectivity index (χ3n) is 7.80. The van der Waals surface area contributed by atoms with E-state index in [4.69, 9.17) is 9.15 Å². The molecule has 1 saturated heterocycles. The molecule has 0 bridgehead atoms. The van der Waals surface area contributed by atoms with Crippen molar-refractivity contribution < 1.29 is 27.1 Å². The van der Waals surface area contributed by atoms with Gasteiger partial charge in [0.25, 0.3) is 0 Å². The molecule has 2 heterocycles. The number of nitrogens with zero attached hydrogens (tertiary/aromatic N) is 2. The highest BCUT2D eigenvalue weighted by Crippen LogP contribution is 2.36. The number of anilines is 1. The van der Waals surface area contributed by atoms with Crippen LogP contribution in [0.4, 0.5) is 18.9 Å². The first-order chi connectivity index (χ1) is 19.3. The molecular formula is C32H39F3N2O3S. The minimum Gasteiger partial charge on any atom is -0.468 e. The van der Waals surface area contributed by atoms with Gasteiger partial charge in [0.1, 0.15) is 5.76 Å². The average Bonchev–Trinajstić information content (AvgIpc) is 3.40. The van der Waals surface area contributed by atoms with Crippen LogP contribution < -0.4 is 4.90 Å². The number of carbonyl (C=O) groups is 1. The van der Waals surface area contributed by atoms with Gasteiger partial charge in [-0.15, -0.1) is 0 Å². The van der Waals surface area contributed by atoms with E-state index in [1.165, 1.54) is 18.7 Å². The highest BCUT2D eigenvalue weighted by molar-refractivity contribution is 7.97. The van der Waals surface area contributed by atoms with E-state index >= 15 is 0 Å². The number of carbonyl (C=O) groups excluding carboxylic acids is 1. The van der Waals surface area contributed by atoms with Crippen LogP contribution in [0.2, 0.25) is 0 Å². The molecule has 0 aliphatic carbocycles. The van der Waals surface area contributed by atoms with Crippen molar-refractivity contribution in [1.82, 2.24) is 4.31 Å². The monoisotopic (exact) mass is 588 g/mol. The van der Waals surface area contributed by atoms with Gasteiger partial charge in [-0.3, -0.25) is 4.79 Å². The molecule has 9 heteroatoms. The van der Waals surface area contributed by atoms with Crippen LogP contribution in [-0.2, 0) is 27.7 Å². The van der Waals surface area contributed by atoms with Crippen LogP contribution in [0.25, 0.3) is 0 Å². The Morgan fingerprint density at radius 3 is 2.29 bits per heavy atom. The Morgan fingerprint density at radius 1 is 1.05 bits per heavy atom. The van der Waals surface area contributed by atoms with E-state index in [1.807, 2.05) is 26.0 Å². The summed E-state index contributed by atoms with van der Waals surface area (Å²) in [6, 6.07) is 14.8. The number of aryl methyl sites for hydroxylation is 3. The molecule has 41 heavy (non-hydrogen) atoms. The lowest BCUT2D eigenvalue weighted by Gasteiger charge is -2.36. The van der Waals surface area contributed by atoms with Crippen molar-refractivity contribution in [3.8, 4) is 0 Å². The lowest BCUT2D eigenvalue weighted by molar-refractivity contribution is -0.153. The number of methoxy groups -OCH3 is 1. The normalized spacial score (nSPS) is 15.0. The second-order valence-electron chi connectivity index (χ2n) is 11.5. The predicted molar refractivity (Wildman–Crippen MR) is 157 cm³/mol. The standard InChI is InChI=1S/C32H39F3N2O3S/c1-21-16-22(2)29(23(3)17-21)41-37(20-27-10-11-28(40-27)32(33,34)35)19-24-12-14-36(15-13-24)26-9-7-8-25(18-26)31(4,5)30(38)39-6/h7-11,16-18,24H,12-15,19-20H2,1-6H3. The summed E-state index contributed by atoms with van der Waals surface area (Å²) in [6.07, 6.45) is -2.62. The van der Waals surface area contributed by atoms with Crippen LogP contribution in [0, 0.1) is 26.7 Å². The Kier molecular flexibility index (Phi) is 9.49. The topological polar surface area (TPSA) is 45.9 Å². The van der Waals surface area contributed by atoms with E-state index in [1.54, 1.807) is 11.9 Å². The molecule has 0 unspecified atom stereocenters. The minimum absolute atomic E-state index is 0.274. The molecule has 0 saturated carbocycles. The third-order valence-corrected chi connectivity index (χ3v) is 9.17. The molecule has 1 fully saturated rings.